The summed E-state index contributed by atoms with van der Waals surface area (Å²) in [6, 6.07) is 0.471. The maximum absolute atomic E-state index is 5.71. The highest BCUT2D eigenvalue weighted by atomic mass is 127. The monoisotopic (exact) mass is 552 g/mol. The predicted molar refractivity (Wildman–Crippen MR) is 137 cm³/mol. The molecule has 31 heavy (non-hydrogen) atoms. The number of nitrogens with zero attached hydrogens (tertiary/aromatic N) is 2. The van der Waals surface area contributed by atoms with Crippen molar-refractivity contribution in [3.63, 3.8) is 0 Å². The largest absolute Gasteiger partial charge is 0.382 e. The summed E-state index contributed by atoms with van der Waals surface area (Å²) < 4.78 is 17.0. The summed E-state index contributed by atoms with van der Waals surface area (Å²) in [5.41, 5.74) is 0.320. The number of aliphatic imine (C=N–C) groups is 1. The van der Waals surface area contributed by atoms with Crippen molar-refractivity contribution < 1.29 is 14.2 Å². The highest BCUT2D eigenvalue weighted by Gasteiger charge is 2.34. The van der Waals surface area contributed by atoms with E-state index in [-0.39, 0.29) is 24.0 Å². The second-order valence-corrected chi connectivity index (χ2v) is 9.07. The molecule has 2 saturated heterocycles. The van der Waals surface area contributed by atoms with Gasteiger partial charge >= 0.3 is 0 Å². The molecule has 182 valence electrons. The summed E-state index contributed by atoms with van der Waals surface area (Å²) in [5.74, 6) is 1.54. The molecule has 2 atom stereocenters. The number of guanidine groups is 1. The molecule has 2 N–H and O–H groups in total. The van der Waals surface area contributed by atoms with Gasteiger partial charge in [-0.1, -0.05) is 12.8 Å². The van der Waals surface area contributed by atoms with Crippen LogP contribution < -0.4 is 10.6 Å². The maximum atomic E-state index is 5.71. The summed E-state index contributed by atoms with van der Waals surface area (Å²) >= 11 is 0. The van der Waals surface area contributed by atoms with E-state index >= 15 is 0 Å². The minimum Gasteiger partial charge on any atom is -0.382 e. The first-order valence-corrected chi connectivity index (χ1v) is 12.3. The van der Waals surface area contributed by atoms with Crippen LogP contribution in [0, 0.1) is 11.3 Å². The minimum atomic E-state index is 0. The van der Waals surface area contributed by atoms with Gasteiger partial charge in [-0.25, -0.2) is 0 Å². The Kier molecular flexibility index (Phi) is 13.0. The third-order valence-corrected chi connectivity index (χ3v) is 7.06. The van der Waals surface area contributed by atoms with E-state index in [1.54, 1.807) is 0 Å². The molecule has 1 aliphatic carbocycles. The van der Waals surface area contributed by atoms with Crippen molar-refractivity contribution in [1.82, 2.24) is 15.5 Å². The molecule has 7 nitrogen and oxygen atoms in total. The Morgan fingerprint density at radius 1 is 1.13 bits per heavy atom. The summed E-state index contributed by atoms with van der Waals surface area (Å²) in [5, 5.41) is 7.15. The van der Waals surface area contributed by atoms with Gasteiger partial charge in [0.05, 0.1) is 19.8 Å². The lowest BCUT2D eigenvalue weighted by Crippen LogP contribution is -2.53. The Morgan fingerprint density at radius 3 is 2.55 bits per heavy atom. The third kappa shape index (κ3) is 8.61. The third-order valence-electron chi connectivity index (χ3n) is 7.06. The number of ether oxygens (including phenoxy) is 3. The molecule has 3 aliphatic rings. The smallest absolute Gasteiger partial charge is 0.191 e. The average Bonchev–Trinajstić information content (AvgIpc) is 3.46. The van der Waals surface area contributed by atoms with Crippen molar-refractivity contribution in [2.75, 3.05) is 72.4 Å². The zero-order valence-electron chi connectivity index (χ0n) is 19.7. The van der Waals surface area contributed by atoms with Crippen LogP contribution in [-0.4, -0.2) is 89.3 Å². The first-order valence-electron chi connectivity index (χ1n) is 12.3. The summed E-state index contributed by atoms with van der Waals surface area (Å²) in [4.78, 5) is 7.64. The summed E-state index contributed by atoms with van der Waals surface area (Å²) in [6.45, 7) is 14.0. The van der Waals surface area contributed by atoms with E-state index in [4.69, 9.17) is 19.2 Å². The molecule has 0 aromatic rings. The van der Waals surface area contributed by atoms with Crippen LogP contribution in [0.4, 0.5) is 0 Å². The highest BCUT2D eigenvalue weighted by Crippen LogP contribution is 2.41. The number of halogens is 1. The van der Waals surface area contributed by atoms with Crippen molar-refractivity contribution in [2.45, 2.75) is 58.4 Å². The van der Waals surface area contributed by atoms with Gasteiger partial charge < -0.3 is 24.8 Å². The fourth-order valence-corrected chi connectivity index (χ4v) is 5.19. The number of hydrogen-bond donors (Lipinski definition) is 2. The fraction of sp³-hybridized carbons (Fsp3) is 0.957. The second kappa shape index (κ2) is 14.9. The molecule has 8 heteroatoms. The van der Waals surface area contributed by atoms with Gasteiger partial charge in [-0.2, -0.15) is 0 Å². The van der Waals surface area contributed by atoms with Gasteiger partial charge in [0.25, 0.3) is 0 Å². The number of nitrogens with one attached hydrogen (secondary N) is 2. The van der Waals surface area contributed by atoms with E-state index in [0.29, 0.717) is 17.4 Å². The van der Waals surface area contributed by atoms with Crippen molar-refractivity contribution >= 4 is 29.9 Å². The molecule has 3 rings (SSSR count). The second-order valence-electron chi connectivity index (χ2n) is 9.07. The van der Waals surface area contributed by atoms with Gasteiger partial charge in [-0.15, -0.1) is 24.0 Å². The predicted octanol–water partition coefficient (Wildman–Crippen LogP) is 2.88. The summed E-state index contributed by atoms with van der Waals surface area (Å²) in [7, 11) is 0. The van der Waals surface area contributed by atoms with E-state index in [2.05, 4.69) is 29.4 Å². The van der Waals surface area contributed by atoms with E-state index in [1.165, 1.54) is 25.7 Å². The van der Waals surface area contributed by atoms with Crippen LogP contribution in [0.2, 0.25) is 0 Å². The van der Waals surface area contributed by atoms with Crippen LogP contribution in [0.1, 0.15) is 52.4 Å². The zero-order valence-corrected chi connectivity index (χ0v) is 22.0. The summed E-state index contributed by atoms with van der Waals surface area (Å²) in [6.07, 6.45) is 7.48. The van der Waals surface area contributed by atoms with Crippen LogP contribution in [0.3, 0.4) is 0 Å². The molecule has 2 aliphatic heterocycles. The Balaban J connectivity index is 0.00000341. The van der Waals surface area contributed by atoms with Crippen LogP contribution in [0.5, 0.6) is 0 Å². The first-order chi connectivity index (χ1) is 14.8. The molecular formula is C23H45IN4O3. The van der Waals surface area contributed by atoms with Gasteiger partial charge in [0.2, 0.25) is 0 Å². The maximum Gasteiger partial charge on any atom is 0.191 e. The van der Waals surface area contributed by atoms with Gasteiger partial charge in [0, 0.05) is 64.5 Å². The lowest BCUT2D eigenvalue weighted by molar-refractivity contribution is 0.00246. The van der Waals surface area contributed by atoms with Gasteiger partial charge in [0.1, 0.15) is 0 Å². The number of rotatable bonds is 11. The van der Waals surface area contributed by atoms with Crippen LogP contribution in [0.15, 0.2) is 4.99 Å². The Bertz CT molecular complexity index is 505. The van der Waals surface area contributed by atoms with E-state index in [1.807, 2.05) is 0 Å². The molecule has 2 heterocycles. The van der Waals surface area contributed by atoms with Gasteiger partial charge in [-0.05, 0) is 44.9 Å². The van der Waals surface area contributed by atoms with E-state index in [9.17, 15) is 0 Å². The molecule has 1 saturated carbocycles. The highest BCUT2D eigenvalue weighted by molar-refractivity contribution is 14.0. The molecule has 3 fully saturated rings. The van der Waals surface area contributed by atoms with Crippen LogP contribution in [-0.2, 0) is 14.2 Å². The van der Waals surface area contributed by atoms with Crippen LogP contribution in [0.25, 0.3) is 0 Å². The molecule has 0 spiro atoms. The molecule has 0 aromatic carbocycles. The fourth-order valence-electron chi connectivity index (χ4n) is 5.19. The van der Waals surface area contributed by atoms with E-state index in [0.717, 1.165) is 91.2 Å². The lowest BCUT2D eigenvalue weighted by atomic mass is 9.83. The lowest BCUT2D eigenvalue weighted by Gasteiger charge is -2.37. The molecular weight excluding hydrogens is 507 g/mol. The zero-order chi connectivity index (χ0) is 21.1. The standard InChI is InChI=1S/C23H44N4O3.HI/c1-3-24-22(26-19-23(8-5-6-9-23)10-14-28-4-2)25-17-21(20-7-13-30-18-20)27-11-15-29-16-12-27;/h20-21H,3-19H2,1-2H3,(H2,24,25,26);1H. The molecule has 0 aromatic heterocycles. The van der Waals surface area contributed by atoms with Gasteiger partial charge in [0.15, 0.2) is 5.96 Å². The normalized spacial score (nSPS) is 25.2. The average molecular weight is 553 g/mol. The molecule has 2 unspecified atom stereocenters. The SMILES string of the molecule is CCNC(=NCC1(CCOCC)CCCC1)NCC(C1CCOC1)N1CCOCC1.I. The van der Waals surface area contributed by atoms with Crippen LogP contribution >= 0.6 is 24.0 Å². The molecule has 0 amide bonds. The quantitative estimate of drug-likeness (QED) is 0.178. The topological polar surface area (TPSA) is 67.4 Å². The van der Waals surface area contributed by atoms with Crippen molar-refractivity contribution in [2.24, 2.45) is 16.3 Å². The Morgan fingerprint density at radius 2 is 1.90 bits per heavy atom. The van der Waals surface area contributed by atoms with Gasteiger partial charge in [-0.3, -0.25) is 9.89 Å². The van der Waals surface area contributed by atoms with Crippen molar-refractivity contribution in [3.8, 4) is 0 Å². The molecule has 0 bridgehead atoms. The minimum absolute atomic E-state index is 0. The number of morpholine rings is 1. The van der Waals surface area contributed by atoms with Crippen molar-refractivity contribution in [3.05, 3.63) is 0 Å². The Hall–Kier alpha value is -0.160. The first kappa shape index (κ1) is 27.1. The van der Waals surface area contributed by atoms with Crippen molar-refractivity contribution in [1.29, 1.82) is 0 Å². The van der Waals surface area contributed by atoms with E-state index < -0.39 is 0 Å². The number of hydrogen-bond acceptors (Lipinski definition) is 5. The Labute approximate surface area is 206 Å². The molecule has 0 radical (unpaired) electrons.